The fourth-order valence-electron chi connectivity index (χ4n) is 2.76. The fraction of sp³-hybridized carbons (Fsp3) is 0.400. The van der Waals surface area contributed by atoms with Gasteiger partial charge in [-0.25, -0.2) is 9.59 Å². The summed E-state index contributed by atoms with van der Waals surface area (Å²) in [6.07, 6.45) is 0.428. The van der Waals surface area contributed by atoms with Gasteiger partial charge in [-0.3, -0.25) is 9.59 Å². The second-order valence-electron chi connectivity index (χ2n) is 6.46. The molecule has 30 heavy (non-hydrogen) atoms. The molecule has 2 rings (SSSR count). The number of hydrogen-bond donors (Lipinski definition) is 3. The van der Waals surface area contributed by atoms with Gasteiger partial charge in [-0.1, -0.05) is 11.6 Å². The molecule has 9 nitrogen and oxygen atoms in total. The highest BCUT2D eigenvalue weighted by atomic mass is 35.5. The maximum atomic E-state index is 12.1. The van der Waals surface area contributed by atoms with E-state index in [2.05, 4.69) is 16.0 Å². The van der Waals surface area contributed by atoms with Gasteiger partial charge in [0.1, 0.15) is 6.61 Å². The van der Waals surface area contributed by atoms with Gasteiger partial charge >= 0.3 is 18.0 Å². The summed E-state index contributed by atoms with van der Waals surface area (Å²) in [5.74, 6) is -1.38. The van der Waals surface area contributed by atoms with Gasteiger partial charge in [0.25, 0.3) is 5.91 Å². The van der Waals surface area contributed by atoms with Gasteiger partial charge in [-0.2, -0.15) is 0 Å². The third-order valence-electron chi connectivity index (χ3n) is 4.19. The Morgan fingerprint density at radius 1 is 1.17 bits per heavy atom. The second kappa shape index (κ2) is 11.2. The summed E-state index contributed by atoms with van der Waals surface area (Å²) in [7, 11) is 0. The van der Waals surface area contributed by atoms with Crippen molar-refractivity contribution in [1.82, 2.24) is 16.0 Å². The number of halogens is 1. The first-order valence-electron chi connectivity index (χ1n) is 9.48. The minimum Gasteiger partial charge on any atom is -0.463 e. The van der Waals surface area contributed by atoms with Crippen LogP contribution in [0.2, 0.25) is 5.02 Å². The van der Waals surface area contributed by atoms with Crippen molar-refractivity contribution < 1.29 is 28.7 Å². The zero-order valence-corrected chi connectivity index (χ0v) is 17.5. The van der Waals surface area contributed by atoms with Crippen LogP contribution in [-0.4, -0.2) is 49.7 Å². The van der Waals surface area contributed by atoms with E-state index in [9.17, 15) is 19.2 Å². The van der Waals surface area contributed by atoms with E-state index in [0.29, 0.717) is 17.0 Å². The van der Waals surface area contributed by atoms with Gasteiger partial charge in [0.05, 0.1) is 23.9 Å². The van der Waals surface area contributed by atoms with Gasteiger partial charge in [0, 0.05) is 23.6 Å². The van der Waals surface area contributed by atoms with Crippen molar-refractivity contribution in [1.29, 1.82) is 0 Å². The van der Waals surface area contributed by atoms with Crippen LogP contribution in [0.3, 0.4) is 0 Å². The first kappa shape index (κ1) is 23.2. The first-order chi connectivity index (χ1) is 14.3. The third-order valence-corrected chi connectivity index (χ3v) is 4.44. The van der Waals surface area contributed by atoms with Crippen molar-refractivity contribution in [2.24, 2.45) is 0 Å². The Kier molecular flexibility index (Phi) is 8.67. The average Bonchev–Trinajstić information content (AvgIpc) is 2.69. The normalized spacial score (nSPS) is 15.7. The van der Waals surface area contributed by atoms with E-state index < -0.39 is 24.0 Å². The third kappa shape index (κ3) is 6.77. The Morgan fingerprint density at radius 2 is 1.87 bits per heavy atom. The Morgan fingerprint density at radius 3 is 2.53 bits per heavy atom. The molecule has 0 spiro atoms. The molecule has 1 aromatic rings. The zero-order chi connectivity index (χ0) is 22.1. The molecule has 1 heterocycles. The lowest BCUT2D eigenvalue weighted by Gasteiger charge is -2.26. The molecule has 3 N–H and O–H groups in total. The number of rotatable bonds is 9. The minimum atomic E-state index is -0.589. The largest absolute Gasteiger partial charge is 0.463 e. The van der Waals surface area contributed by atoms with Crippen molar-refractivity contribution in [3.8, 4) is 0 Å². The summed E-state index contributed by atoms with van der Waals surface area (Å²) in [6.45, 7) is 3.50. The summed E-state index contributed by atoms with van der Waals surface area (Å²) in [6, 6.07) is 5.38. The SMILES string of the molecule is CCOC(=O)C1=C(COC(=O)CCCNC(=O)c2ccc(Cl)cc2)NC(=O)NC1C. The lowest BCUT2D eigenvalue weighted by molar-refractivity contribution is -0.143. The van der Waals surface area contributed by atoms with Crippen LogP contribution in [0.5, 0.6) is 0 Å². The molecule has 1 aliphatic rings. The number of carbonyl (C=O) groups excluding carboxylic acids is 4. The quantitative estimate of drug-likeness (QED) is 0.400. The van der Waals surface area contributed by atoms with Crippen LogP contribution >= 0.6 is 11.6 Å². The molecule has 0 radical (unpaired) electrons. The summed E-state index contributed by atoms with van der Waals surface area (Å²) in [5.41, 5.74) is 0.866. The Balaban J connectivity index is 1.80. The number of ether oxygens (including phenoxy) is 2. The molecule has 162 valence electrons. The molecule has 0 saturated carbocycles. The molecular formula is C20H24ClN3O6. The molecule has 0 aliphatic carbocycles. The van der Waals surface area contributed by atoms with Gasteiger partial charge in [0.2, 0.25) is 0 Å². The van der Waals surface area contributed by atoms with E-state index in [1.807, 2.05) is 0 Å². The number of benzene rings is 1. The van der Waals surface area contributed by atoms with E-state index in [1.54, 1.807) is 38.1 Å². The van der Waals surface area contributed by atoms with Crippen molar-refractivity contribution >= 4 is 35.5 Å². The maximum absolute atomic E-state index is 12.1. The highest BCUT2D eigenvalue weighted by Gasteiger charge is 2.30. The highest BCUT2D eigenvalue weighted by molar-refractivity contribution is 6.30. The Labute approximate surface area is 179 Å². The van der Waals surface area contributed by atoms with Gasteiger partial charge < -0.3 is 25.4 Å². The van der Waals surface area contributed by atoms with E-state index >= 15 is 0 Å². The van der Waals surface area contributed by atoms with E-state index in [4.69, 9.17) is 21.1 Å². The number of nitrogens with one attached hydrogen (secondary N) is 3. The van der Waals surface area contributed by atoms with Gasteiger partial charge in [-0.05, 0) is 44.5 Å². The molecule has 1 aliphatic heterocycles. The van der Waals surface area contributed by atoms with Crippen molar-refractivity contribution in [2.75, 3.05) is 19.8 Å². The monoisotopic (exact) mass is 437 g/mol. The number of esters is 2. The maximum Gasteiger partial charge on any atom is 0.338 e. The van der Waals surface area contributed by atoms with Crippen LogP contribution in [0.1, 0.15) is 37.0 Å². The van der Waals surface area contributed by atoms with Crippen LogP contribution in [0.4, 0.5) is 4.79 Å². The molecule has 10 heteroatoms. The molecule has 0 aromatic heterocycles. The minimum absolute atomic E-state index is 0.0602. The van der Waals surface area contributed by atoms with Crippen molar-refractivity contribution in [3.05, 3.63) is 46.1 Å². The van der Waals surface area contributed by atoms with Gasteiger partial charge in [0.15, 0.2) is 0 Å². The second-order valence-corrected chi connectivity index (χ2v) is 6.90. The predicted molar refractivity (Wildman–Crippen MR) is 109 cm³/mol. The van der Waals surface area contributed by atoms with Crippen molar-refractivity contribution in [3.63, 3.8) is 0 Å². The first-order valence-corrected chi connectivity index (χ1v) is 9.86. The number of hydrogen-bond acceptors (Lipinski definition) is 6. The highest BCUT2D eigenvalue weighted by Crippen LogP contribution is 2.15. The smallest absolute Gasteiger partial charge is 0.338 e. The molecule has 0 bridgehead atoms. The zero-order valence-electron chi connectivity index (χ0n) is 16.7. The molecule has 0 saturated heterocycles. The molecule has 0 fully saturated rings. The van der Waals surface area contributed by atoms with Crippen LogP contribution in [0, 0.1) is 0 Å². The Bertz CT molecular complexity index is 837. The summed E-state index contributed by atoms with van der Waals surface area (Å²) >= 11 is 5.78. The van der Waals surface area contributed by atoms with Gasteiger partial charge in [-0.15, -0.1) is 0 Å². The molecule has 3 amide bonds. The Hall–Kier alpha value is -3.07. The van der Waals surface area contributed by atoms with Crippen molar-refractivity contribution in [2.45, 2.75) is 32.7 Å². The number of amides is 3. The average molecular weight is 438 g/mol. The molecule has 1 aromatic carbocycles. The topological polar surface area (TPSA) is 123 Å². The van der Waals surface area contributed by atoms with Crippen LogP contribution in [0.25, 0.3) is 0 Å². The lowest BCUT2D eigenvalue weighted by Crippen LogP contribution is -2.50. The molecule has 1 unspecified atom stereocenters. The molecule has 1 atom stereocenters. The van der Waals surface area contributed by atoms with E-state index in [-0.39, 0.29) is 43.4 Å². The predicted octanol–water partition coefficient (Wildman–Crippen LogP) is 1.91. The number of carbonyl (C=O) groups is 4. The van der Waals surface area contributed by atoms with Crippen LogP contribution in [0.15, 0.2) is 35.5 Å². The summed E-state index contributed by atoms with van der Waals surface area (Å²) in [5, 5.41) is 8.28. The standard InChI is InChI=1S/C20H24ClN3O6/c1-3-29-19(27)17-12(2)23-20(28)24-15(17)11-30-16(25)5-4-10-22-18(26)13-6-8-14(21)9-7-13/h6-9,12H,3-5,10-11H2,1-2H3,(H,22,26)(H2,23,24,28). The van der Waals surface area contributed by atoms with Crippen LogP contribution < -0.4 is 16.0 Å². The molecular weight excluding hydrogens is 414 g/mol. The fourth-order valence-corrected chi connectivity index (χ4v) is 2.88. The summed E-state index contributed by atoms with van der Waals surface area (Å²) < 4.78 is 10.2. The van der Waals surface area contributed by atoms with E-state index in [1.165, 1.54) is 0 Å². The number of urea groups is 1. The van der Waals surface area contributed by atoms with E-state index in [0.717, 1.165) is 0 Å². The lowest BCUT2D eigenvalue weighted by atomic mass is 10.0. The summed E-state index contributed by atoms with van der Waals surface area (Å²) in [4.78, 5) is 47.8. The van der Waals surface area contributed by atoms with Crippen LogP contribution in [-0.2, 0) is 19.1 Å².